The zero-order valence-electron chi connectivity index (χ0n) is 14.1. The highest BCUT2D eigenvalue weighted by Crippen LogP contribution is 2.22. The molecule has 0 aliphatic rings. The first kappa shape index (κ1) is 16.9. The summed E-state index contributed by atoms with van der Waals surface area (Å²) >= 11 is 0. The van der Waals surface area contributed by atoms with Crippen molar-refractivity contribution in [3.63, 3.8) is 0 Å². The molecule has 0 radical (unpaired) electrons. The minimum absolute atomic E-state index is 0.196. The van der Waals surface area contributed by atoms with Crippen LogP contribution in [-0.4, -0.2) is 48.0 Å². The molecule has 0 atom stereocenters. The minimum atomic E-state index is -0.196. The van der Waals surface area contributed by atoms with E-state index in [2.05, 4.69) is 20.6 Å². The summed E-state index contributed by atoms with van der Waals surface area (Å²) in [5, 5.41) is 6.05. The van der Waals surface area contributed by atoms with Crippen molar-refractivity contribution in [2.45, 2.75) is 13.8 Å². The van der Waals surface area contributed by atoms with E-state index in [9.17, 15) is 4.79 Å². The lowest BCUT2D eigenvalue weighted by molar-refractivity contribution is 0.0946. The number of rotatable bonds is 6. The summed E-state index contributed by atoms with van der Waals surface area (Å²) in [6, 6.07) is 7.66. The highest BCUT2D eigenvalue weighted by molar-refractivity contribution is 5.92. The topological polar surface area (TPSA) is 70.2 Å². The fourth-order valence-corrected chi connectivity index (χ4v) is 2.15. The summed E-state index contributed by atoms with van der Waals surface area (Å²) in [6.45, 7) is 5.40. The van der Waals surface area contributed by atoms with Gasteiger partial charge in [-0.05, 0) is 45.1 Å². The van der Waals surface area contributed by atoms with E-state index < -0.39 is 0 Å². The number of anilines is 2. The second-order valence-corrected chi connectivity index (χ2v) is 5.72. The van der Waals surface area contributed by atoms with Crippen LogP contribution in [0, 0.1) is 13.8 Å². The second kappa shape index (κ2) is 7.69. The largest absolute Gasteiger partial charge is 0.349 e. The third-order valence-electron chi connectivity index (χ3n) is 3.45. The summed E-state index contributed by atoms with van der Waals surface area (Å²) in [6.07, 6.45) is 1.59. The number of likely N-dealkylation sites (N-methyl/N-ethyl adjacent to an activating group) is 1. The quantitative estimate of drug-likeness (QED) is 0.855. The van der Waals surface area contributed by atoms with E-state index in [1.165, 1.54) is 0 Å². The van der Waals surface area contributed by atoms with Crippen LogP contribution in [0.4, 0.5) is 11.6 Å². The van der Waals surface area contributed by atoms with Gasteiger partial charge in [0.25, 0.3) is 5.91 Å². The molecule has 6 nitrogen and oxygen atoms in total. The van der Waals surface area contributed by atoms with E-state index in [1.54, 1.807) is 12.3 Å². The molecule has 0 aliphatic heterocycles. The molecule has 1 amide bonds. The molecule has 2 aromatic rings. The molecule has 1 aromatic carbocycles. The van der Waals surface area contributed by atoms with E-state index in [-0.39, 0.29) is 5.91 Å². The van der Waals surface area contributed by atoms with Crippen molar-refractivity contribution >= 4 is 17.5 Å². The molecule has 2 N–H and O–H groups in total. The summed E-state index contributed by atoms with van der Waals surface area (Å²) < 4.78 is 0. The number of benzene rings is 1. The summed E-state index contributed by atoms with van der Waals surface area (Å²) in [4.78, 5) is 22.6. The van der Waals surface area contributed by atoms with Gasteiger partial charge in [0.05, 0.1) is 0 Å². The average Bonchev–Trinajstić information content (AvgIpc) is 2.51. The van der Waals surface area contributed by atoms with Gasteiger partial charge in [-0.3, -0.25) is 4.79 Å². The Labute approximate surface area is 137 Å². The first-order chi connectivity index (χ1) is 11.0. The standard InChI is InChI=1S/C17H23N5O/c1-12-6-5-7-13(2)15(12)21-17-19-9-8-14(20-17)16(23)18-10-11-22(3)4/h5-9H,10-11H2,1-4H3,(H,18,23)(H,19,20,21). The number of para-hydroxylation sites is 1. The molecule has 0 bridgehead atoms. The smallest absolute Gasteiger partial charge is 0.270 e. The Morgan fingerprint density at radius 3 is 2.52 bits per heavy atom. The molecule has 0 spiro atoms. The maximum absolute atomic E-state index is 12.1. The Hall–Kier alpha value is -2.47. The van der Waals surface area contributed by atoms with Gasteiger partial charge in [-0.1, -0.05) is 18.2 Å². The first-order valence-electron chi connectivity index (χ1n) is 7.56. The molecule has 1 heterocycles. The van der Waals surface area contributed by atoms with Crippen LogP contribution in [-0.2, 0) is 0 Å². The highest BCUT2D eigenvalue weighted by Gasteiger charge is 2.10. The molecule has 23 heavy (non-hydrogen) atoms. The molecule has 1 aromatic heterocycles. The normalized spacial score (nSPS) is 10.7. The van der Waals surface area contributed by atoms with Crippen LogP contribution in [0.5, 0.6) is 0 Å². The molecule has 0 saturated carbocycles. The van der Waals surface area contributed by atoms with Gasteiger partial charge in [-0.25, -0.2) is 9.97 Å². The second-order valence-electron chi connectivity index (χ2n) is 5.72. The van der Waals surface area contributed by atoms with Gasteiger partial charge in [0.2, 0.25) is 5.95 Å². The minimum Gasteiger partial charge on any atom is -0.349 e. The van der Waals surface area contributed by atoms with Crippen LogP contribution in [0.3, 0.4) is 0 Å². The molecule has 122 valence electrons. The zero-order chi connectivity index (χ0) is 16.8. The SMILES string of the molecule is Cc1cccc(C)c1Nc1nccc(C(=O)NCCN(C)C)n1. The van der Waals surface area contributed by atoms with E-state index >= 15 is 0 Å². The number of nitrogens with zero attached hydrogens (tertiary/aromatic N) is 3. The molecule has 2 rings (SSSR count). The van der Waals surface area contributed by atoms with Crippen LogP contribution >= 0.6 is 0 Å². The van der Waals surface area contributed by atoms with Crippen molar-refractivity contribution in [2.75, 3.05) is 32.5 Å². The summed E-state index contributed by atoms with van der Waals surface area (Å²) in [5.41, 5.74) is 3.54. The molecule has 0 saturated heterocycles. The highest BCUT2D eigenvalue weighted by atomic mass is 16.1. The van der Waals surface area contributed by atoms with Crippen LogP contribution in [0.15, 0.2) is 30.5 Å². The Kier molecular flexibility index (Phi) is 5.65. The fourth-order valence-electron chi connectivity index (χ4n) is 2.15. The number of carbonyl (C=O) groups is 1. The van der Waals surface area contributed by atoms with Crippen LogP contribution in [0.1, 0.15) is 21.6 Å². The van der Waals surface area contributed by atoms with Crippen molar-refractivity contribution in [3.8, 4) is 0 Å². The lowest BCUT2D eigenvalue weighted by Gasteiger charge is -2.12. The van der Waals surface area contributed by atoms with Gasteiger partial charge < -0.3 is 15.5 Å². The lowest BCUT2D eigenvalue weighted by atomic mass is 10.1. The van der Waals surface area contributed by atoms with E-state index in [4.69, 9.17) is 0 Å². The Bertz CT molecular complexity index is 664. The molecular weight excluding hydrogens is 290 g/mol. The first-order valence-corrected chi connectivity index (χ1v) is 7.56. The molecule has 0 aliphatic carbocycles. The Balaban J connectivity index is 2.09. The van der Waals surface area contributed by atoms with Crippen molar-refractivity contribution in [3.05, 3.63) is 47.3 Å². The van der Waals surface area contributed by atoms with Crippen LogP contribution in [0.25, 0.3) is 0 Å². The lowest BCUT2D eigenvalue weighted by Crippen LogP contribution is -2.31. The van der Waals surface area contributed by atoms with Gasteiger partial charge in [0, 0.05) is 25.0 Å². The predicted molar refractivity (Wildman–Crippen MR) is 92.1 cm³/mol. The number of carbonyl (C=O) groups excluding carboxylic acids is 1. The van der Waals surface area contributed by atoms with E-state index in [0.29, 0.717) is 18.2 Å². The molecule has 0 fully saturated rings. The van der Waals surface area contributed by atoms with Gasteiger partial charge in [0.15, 0.2) is 0 Å². The van der Waals surface area contributed by atoms with Crippen LogP contribution < -0.4 is 10.6 Å². The summed E-state index contributed by atoms with van der Waals surface area (Å²) in [5.74, 6) is 0.224. The number of nitrogens with one attached hydrogen (secondary N) is 2. The van der Waals surface area contributed by atoms with Gasteiger partial charge in [-0.15, -0.1) is 0 Å². The third-order valence-corrected chi connectivity index (χ3v) is 3.45. The third kappa shape index (κ3) is 4.75. The average molecular weight is 313 g/mol. The molecular formula is C17H23N5O. The van der Waals surface area contributed by atoms with E-state index in [1.807, 2.05) is 51.0 Å². The van der Waals surface area contributed by atoms with Crippen molar-refractivity contribution in [2.24, 2.45) is 0 Å². The Morgan fingerprint density at radius 1 is 1.17 bits per heavy atom. The van der Waals surface area contributed by atoms with Crippen molar-refractivity contribution < 1.29 is 4.79 Å². The molecule has 6 heteroatoms. The van der Waals surface area contributed by atoms with Crippen LogP contribution in [0.2, 0.25) is 0 Å². The molecule has 0 unspecified atom stereocenters. The number of hydrogen-bond acceptors (Lipinski definition) is 5. The number of amides is 1. The Morgan fingerprint density at radius 2 is 1.87 bits per heavy atom. The van der Waals surface area contributed by atoms with E-state index in [0.717, 1.165) is 23.4 Å². The summed E-state index contributed by atoms with van der Waals surface area (Å²) in [7, 11) is 3.92. The number of hydrogen-bond donors (Lipinski definition) is 2. The van der Waals surface area contributed by atoms with Gasteiger partial charge >= 0.3 is 0 Å². The van der Waals surface area contributed by atoms with Crippen molar-refractivity contribution in [1.82, 2.24) is 20.2 Å². The van der Waals surface area contributed by atoms with Gasteiger partial charge in [0.1, 0.15) is 5.69 Å². The zero-order valence-corrected chi connectivity index (χ0v) is 14.1. The maximum Gasteiger partial charge on any atom is 0.270 e. The number of aryl methyl sites for hydroxylation is 2. The maximum atomic E-state index is 12.1. The predicted octanol–water partition coefficient (Wildman–Crippen LogP) is 2.13. The van der Waals surface area contributed by atoms with Crippen molar-refractivity contribution in [1.29, 1.82) is 0 Å². The van der Waals surface area contributed by atoms with Gasteiger partial charge in [-0.2, -0.15) is 0 Å². The fraction of sp³-hybridized carbons (Fsp3) is 0.353. The number of aromatic nitrogens is 2. The monoisotopic (exact) mass is 313 g/mol.